The summed E-state index contributed by atoms with van der Waals surface area (Å²) in [6.07, 6.45) is 3.37. The van der Waals surface area contributed by atoms with Crippen molar-refractivity contribution in [3.8, 4) is 0 Å². The molecule has 0 unspecified atom stereocenters. The molecule has 0 aliphatic heterocycles. The highest BCUT2D eigenvalue weighted by Gasteiger charge is 2.14. The quantitative estimate of drug-likeness (QED) is 0.705. The number of rotatable bonds is 2. The zero-order valence-electron chi connectivity index (χ0n) is 7.49. The van der Waals surface area contributed by atoms with E-state index in [1.165, 1.54) is 17.7 Å². The Bertz CT molecular complexity index is 370. The zero-order valence-corrected chi connectivity index (χ0v) is 8.39. The molecule has 1 aromatic rings. The molecule has 0 fully saturated rings. The van der Waals surface area contributed by atoms with Gasteiger partial charge in [-0.25, -0.2) is 0 Å². The van der Waals surface area contributed by atoms with E-state index in [0.29, 0.717) is 0 Å². The van der Waals surface area contributed by atoms with Crippen LogP contribution in [0.1, 0.15) is 17.7 Å². The Morgan fingerprint density at radius 3 is 3.00 bits per heavy atom. The topological polar surface area (TPSA) is 22.0 Å². The van der Waals surface area contributed by atoms with E-state index in [2.05, 4.69) is 12.6 Å². The largest absolute Gasteiger partial charge is 0.312 e. The van der Waals surface area contributed by atoms with Crippen molar-refractivity contribution >= 4 is 12.6 Å². The average molecular weight is 195 g/mol. The lowest BCUT2D eigenvalue weighted by atomic mass is 10.2. The molecule has 0 atom stereocenters. The van der Waals surface area contributed by atoms with Gasteiger partial charge >= 0.3 is 0 Å². The van der Waals surface area contributed by atoms with Crippen molar-refractivity contribution in [3.63, 3.8) is 0 Å². The minimum absolute atomic E-state index is 0.120. The van der Waals surface area contributed by atoms with E-state index < -0.39 is 0 Å². The minimum atomic E-state index is 0.120. The number of aryl methyl sites for hydroxylation is 1. The number of hydrogen-bond donors (Lipinski definition) is 1. The Balaban J connectivity index is 2.52. The average Bonchev–Trinajstić information content (AvgIpc) is 2.58. The molecule has 0 spiro atoms. The van der Waals surface area contributed by atoms with Crippen molar-refractivity contribution in [2.45, 2.75) is 25.8 Å². The molecular weight excluding hydrogens is 182 g/mol. The number of aromatic nitrogens is 1. The van der Waals surface area contributed by atoms with Crippen molar-refractivity contribution in [3.05, 3.63) is 33.7 Å². The van der Waals surface area contributed by atoms with Crippen LogP contribution in [-0.2, 0) is 19.4 Å². The first kappa shape index (κ1) is 8.88. The van der Waals surface area contributed by atoms with E-state index in [1.54, 1.807) is 6.07 Å². The second kappa shape index (κ2) is 3.58. The van der Waals surface area contributed by atoms with Crippen LogP contribution in [0.15, 0.2) is 16.9 Å². The summed E-state index contributed by atoms with van der Waals surface area (Å²) >= 11 is 4.16. The summed E-state index contributed by atoms with van der Waals surface area (Å²) in [7, 11) is 0. The number of fused-ring (bicyclic) bond motifs is 1. The molecule has 13 heavy (non-hydrogen) atoms. The predicted octanol–water partition coefficient (Wildman–Crippen LogP) is 1.27. The van der Waals surface area contributed by atoms with Crippen LogP contribution in [-0.4, -0.2) is 10.3 Å². The van der Waals surface area contributed by atoms with Crippen LogP contribution < -0.4 is 5.56 Å². The molecule has 70 valence electrons. The summed E-state index contributed by atoms with van der Waals surface area (Å²) < 4.78 is 1.87. The highest BCUT2D eigenvalue weighted by Crippen LogP contribution is 2.19. The predicted molar refractivity (Wildman–Crippen MR) is 56.6 cm³/mol. The van der Waals surface area contributed by atoms with Gasteiger partial charge in [-0.1, -0.05) is 6.07 Å². The van der Waals surface area contributed by atoms with Gasteiger partial charge in [0.15, 0.2) is 0 Å². The summed E-state index contributed by atoms with van der Waals surface area (Å²) in [4.78, 5) is 11.5. The molecule has 0 bridgehead atoms. The lowest BCUT2D eigenvalue weighted by Crippen LogP contribution is -2.23. The fourth-order valence-electron chi connectivity index (χ4n) is 1.98. The van der Waals surface area contributed by atoms with E-state index in [1.807, 2.05) is 10.6 Å². The fraction of sp³-hybridized carbons (Fsp3) is 0.500. The van der Waals surface area contributed by atoms with Gasteiger partial charge in [0.05, 0.1) is 0 Å². The monoisotopic (exact) mass is 195 g/mol. The maximum Gasteiger partial charge on any atom is 0.250 e. The molecule has 0 saturated heterocycles. The molecule has 3 heteroatoms. The molecule has 1 aromatic heterocycles. The van der Waals surface area contributed by atoms with Crippen molar-refractivity contribution in [1.82, 2.24) is 4.57 Å². The van der Waals surface area contributed by atoms with Crippen molar-refractivity contribution in [2.24, 2.45) is 0 Å². The molecule has 0 amide bonds. The van der Waals surface area contributed by atoms with Crippen molar-refractivity contribution < 1.29 is 0 Å². The first-order valence-corrected chi connectivity index (χ1v) is 5.28. The molecule has 0 aromatic carbocycles. The SMILES string of the molecule is O=c1ccc2c(n1CCS)CCC2. The molecular formula is C10H13NOS. The maximum atomic E-state index is 11.5. The number of hydrogen-bond acceptors (Lipinski definition) is 2. The third-order valence-electron chi connectivity index (χ3n) is 2.57. The van der Waals surface area contributed by atoms with Gasteiger partial charge in [-0.3, -0.25) is 4.79 Å². The summed E-state index contributed by atoms with van der Waals surface area (Å²) in [5, 5.41) is 0. The normalized spacial score (nSPS) is 14.5. The molecule has 0 radical (unpaired) electrons. The van der Waals surface area contributed by atoms with Crippen LogP contribution in [0.25, 0.3) is 0 Å². The molecule has 0 N–H and O–H groups in total. The second-order valence-corrected chi connectivity index (χ2v) is 3.82. The van der Waals surface area contributed by atoms with Gasteiger partial charge in [-0.15, -0.1) is 0 Å². The molecule has 1 aliphatic rings. The summed E-state index contributed by atoms with van der Waals surface area (Å²) in [5.74, 6) is 0.732. The molecule has 2 nitrogen and oxygen atoms in total. The van der Waals surface area contributed by atoms with Gasteiger partial charge in [-0.05, 0) is 24.8 Å². The van der Waals surface area contributed by atoms with Gasteiger partial charge in [0, 0.05) is 24.1 Å². The minimum Gasteiger partial charge on any atom is -0.312 e. The third kappa shape index (κ3) is 1.53. The zero-order chi connectivity index (χ0) is 9.26. The maximum absolute atomic E-state index is 11.5. The first-order chi connectivity index (χ1) is 6.33. The fourth-order valence-corrected chi connectivity index (χ4v) is 2.18. The Hall–Kier alpha value is -0.700. The van der Waals surface area contributed by atoms with Gasteiger partial charge < -0.3 is 4.57 Å². The molecule has 2 rings (SSSR count). The van der Waals surface area contributed by atoms with E-state index in [4.69, 9.17) is 0 Å². The van der Waals surface area contributed by atoms with E-state index in [0.717, 1.165) is 25.1 Å². The number of pyridine rings is 1. The Kier molecular flexibility index (Phi) is 2.44. The summed E-state index contributed by atoms with van der Waals surface area (Å²) in [6, 6.07) is 3.65. The number of nitrogens with zero attached hydrogens (tertiary/aromatic N) is 1. The molecule has 1 heterocycles. The summed E-state index contributed by atoms with van der Waals surface area (Å²) in [5.41, 5.74) is 2.71. The van der Waals surface area contributed by atoms with E-state index in [9.17, 15) is 4.79 Å². The van der Waals surface area contributed by atoms with Crippen LogP contribution in [0.4, 0.5) is 0 Å². The first-order valence-electron chi connectivity index (χ1n) is 4.65. The lowest BCUT2D eigenvalue weighted by Gasteiger charge is -2.09. The Morgan fingerprint density at radius 1 is 1.38 bits per heavy atom. The molecule has 0 saturated carbocycles. The van der Waals surface area contributed by atoms with E-state index in [-0.39, 0.29) is 5.56 Å². The van der Waals surface area contributed by atoms with Gasteiger partial charge in [0.25, 0.3) is 5.56 Å². The van der Waals surface area contributed by atoms with E-state index >= 15 is 0 Å². The second-order valence-electron chi connectivity index (χ2n) is 3.37. The molecule has 1 aliphatic carbocycles. The van der Waals surface area contributed by atoms with Crippen molar-refractivity contribution in [2.75, 3.05) is 5.75 Å². The van der Waals surface area contributed by atoms with Crippen LogP contribution in [0.2, 0.25) is 0 Å². The third-order valence-corrected chi connectivity index (χ3v) is 2.77. The van der Waals surface area contributed by atoms with Crippen LogP contribution >= 0.6 is 12.6 Å². The highest BCUT2D eigenvalue weighted by atomic mass is 32.1. The Morgan fingerprint density at radius 2 is 2.23 bits per heavy atom. The van der Waals surface area contributed by atoms with Gasteiger partial charge in [0.2, 0.25) is 0 Å². The smallest absolute Gasteiger partial charge is 0.250 e. The van der Waals surface area contributed by atoms with Crippen molar-refractivity contribution in [1.29, 1.82) is 0 Å². The van der Waals surface area contributed by atoms with Crippen LogP contribution in [0, 0.1) is 0 Å². The number of thiol groups is 1. The standard InChI is InChI=1S/C10H13NOS/c12-10-5-4-8-2-1-3-9(8)11(10)6-7-13/h4-5,13H,1-3,6-7H2. The highest BCUT2D eigenvalue weighted by molar-refractivity contribution is 7.80. The summed E-state index contributed by atoms with van der Waals surface area (Å²) in [6.45, 7) is 0.741. The lowest BCUT2D eigenvalue weighted by molar-refractivity contribution is 0.689. The van der Waals surface area contributed by atoms with Crippen LogP contribution in [0.5, 0.6) is 0 Å². The van der Waals surface area contributed by atoms with Gasteiger partial charge in [-0.2, -0.15) is 12.6 Å². The Labute approximate surface area is 83.0 Å². The van der Waals surface area contributed by atoms with Gasteiger partial charge in [0.1, 0.15) is 0 Å². The van der Waals surface area contributed by atoms with Crippen LogP contribution in [0.3, 0.4) is 0 Å².